The van der Waals surface area contributed by atoms with E-state index in [2.05, 4.69) is 31.2 Å². The van der Waals surface area contributed by atoms with Gasteiger partial charge in [-0.1, -0.05) is 56.9 Å². The van der Waals surface area contributed by atoms with Crippen molar-refractivity contribution in [2.75, 3.05) is 27.7 Å². The van der Waals surface area contributed by atoms with Gasteiger partial charge in [-0.2, -0.15) is 0 Å². The monoisotopic (exact) mass is 395 g/mol. The quantitative estimate of drug-likeness (QED) is 0.163. The molecule has 0 saturated carbocycles. The van der Waals surface area contributed by atoms with Crippen molar-refractivity contribution in [1.82, 2.24) is 0 Å². The minimum atomic E-state index is -1.18. The second-order valence-electron chi connectivity index (χ2n) is 8.43. The minimum Gasteiger partial charge on any atom is -0.550 e. The van der Waals surface area contributed by atoms with Gasteiger partial charge in [0, 0.05) is 18.8 Å². The molecule has 0 radical (unpaired) electrons. The van der Waals surface area contributed by atoms with Gasteiger partial charge < -0.3 is 19.1 Å². The molecule has 0 aromatic heterocycles. The molecular weight excluding hydrogens is 354 g/mol. The number of likely N-dealkylation sites (N-methyl/N-ethyl adjacent to an activating group) is 1. The molecule has 0 amide bonds. The van der Waals surface area contributed by atoms with Crippen molar-refractivity contribution in [2.45, 2.75) is 83.7 Å². The standard InChI is InChI=1S/C23H41NO4/c1-5-6-7-8-9-10-11-12-13-14-15-16-17-18-23(27)28-21(19-22(25)26)20-24(2,3)4/h7-8,10-11,21H,5-6,9,12-20H2,1-4H3. The van der Waals surface area contributed by atoms with Crippen LogP contribution < -0.4 is 5.11 Å². The number of carbonyl (C=O) groups is 2. The van der Waals surface area contributed by atoms with Crippen LogP contribution in [0, 0.1) is 0 Å². The number of nitrogens with zero attached hydrogens (tertiary/aromatic N) is 1. The molecule has 0 saturated heterocycles. The van der Waals surface area contributed by atoms with Crippen LogP contribution in [0.4, 0.5) is 0 Å². The smallest absolute Gasteiger partial charge is 0.306 e. The number of quaternary nitrogens is 1. The van der Waals surface area contributed by atoms with Gasteiger partial charge in [-0.3, -0.25) is 4.79 Å². The average molecular weight is 396 g/mol. The molecule has 1 atom stereocenters. The molecule has 0 spiro atoms. The first-order chi connectivity index (χ1) is 13.2. The summed E-state index contributed by atoms with van der Waals surface area (Å²) in [6.07, 6.45) is 18.1. The molecule has 0 aromatic rings. The highest BCUT2D eigenvalue weighted by Crippen LogP contribution is 2.11. The summed E-state index contributed by atoms with van der Waals surface area (Å²) in [5.74, 6) is -1.49. The van der Waals surface area contributed by atoms with E-state index in [9.17, 15) is 14.7 Å². The average Bonchev–Trinajstić information content (AvgIpc) is 2.56. The topological polar surface area (TPSA) is 66.4 Å². The third-order valence-corrected chi connectivity index (χ3v) is 4.26. The SMILES string of the molecule is CCCC=CCC=CCCCCCCCC(=O)OC(CC(=O)[O-])C[N+](C)(C)C. The fourth-order valence-corrected chi connectivity index (χ4v) is 2.92. The zero-order valence-corrected chi connectivity index (χ0v) is 18.5. The third kappa shape index (κ3) is 19.2. The van der Waals surface area contributed by atoms with Crippen molar-refractivity contribution in [1.29, 1.82) is 0 Å². The largest absolute Gasteiger partial charge is 0.550 e. The van der Waals surface area contributed by atoms with Crippen LogP contribution in [0.5, 0.6) is 0 Å². The lowest BCUT2D eigenvalue weighted by Gasteiger charge is -2.29. The molecule has 0 rings (SSSR count). The molecule has 0 fully saturated rings. The number of carbonyl (C=O) groups excluding carboxylic acids is 2. The molecule has 28 heavy (non-hydrogen) atoms. The summed E-state index contributed by atoms with van der Waals surface area (Å²) in [5.41, 5.74) is 0. The van der Waals surface area contributed by atoms with Crippen molar-refractivity contribution in [3.8, 4) is 0 Å². The van der Waals surface area contributed by atoms with E-state index < -0.39 is 12.1 Å². The summed E-state index contributed by atoms with van der Waals surface area (Å²) in [5, 5.41) is 10.8. The number of hydrogen-bond donors (Lipinski definition) is 0. The van der Waals surface area contributed by atoms with Crippen LogP contribution in [-0.2, 0) is 14.3 Å². The number of rotatable bonds is 17. The molecule has 0 aliphatic rings. The van der Waals surface area contributed by atoms with E-state index in [1.165, 1.54) is 19.3 Å². The normalized spacial score (nSPS) is 13.3. The van der Waals surface area contributed by atoms with Gasteiger partial charge in [-0.25, -0.2) is 0 Å². The maximum Gasteiger partial charge on any atom is 0.306 e. The number of carboxylic acid groups (broad SMARTS) is 1. The van der Waals surface area contributed by atoms with E-state index in [1.807, 2.05) is 21.1 Å². The molecule has 0 bridgehead atoms. The van der Waals surface area contributed by atoms with Gasteiger partial charge in [0.15, 0.2) is 6.10 Å². The fourth-order valence-electron chi connectivity index (χ4n) is 2.92. The van der Waals surface area contributed by atoms with Crippen LogP contribution in [0.3, 0.4) is 0 Å². The van der Waals surface area contributed by atoms with Gasteiger partial charge >= 0.3 is 5.97 Å². The highest BCUT2D eigenvalue weighted by atomic mass is 16.5. The van der Waals surface area contributed by atoms with Gasteiger partial charge in [0.1, 0.15) is 6.54 Å². The lowest BCUT2D eigenvalue weighted by atomic mass is 10.1. The summed E-state index contributed by atoms with van der Waals surface area (Å²) in [6.45, 7) is 2.64. The number of carboxylic acids is 1. The van der Waals surface area contributed by atoms with Gasteiger partial charge in [0.25, 0.3) is 0 Å². The zero-order chi connectivity index (χ0) is 21.3. The van der Waals surface area contributed by atoms with Crippen molar-refractivity contribution in [3.63, 3.8) is 0 Å². The van der Waals surface area contributed by atoms with E-state index in [1.54, 1.807) is 0 Å². The number of aliphatic carboxylic acids is 1. The number of unbranched alkanes of at least 4 members (excludes halogenated alkanes) is 6. The highest BCUT2D eigenvalue weighted by Gasteiger charge is 2.22. The second kappa shape index (κ2) is 16.3. The molecule has 1 unspecified atom stereocenters. The van der Waals surface area contributed by atoms with Crippen LogP contribution in [0.15, 0.2) is 24.3 Å². The summed E-state index contributed by atoms with van der Waals surface area (Å²) >= 11 is 0. The first-order valence-corrected chi connectivity index (χ1v) is 10.7. The second-order valence-corrected chi connectivity index (χ2v) is 8.43. The minimum absolute atomic E-state index is 0.247. The summed E-state index contributed by atoms with van der Waals surface area (Å²) in [6, 6.07) is 0. The highest BCUT2D eigenvalue weighted by molar-refractivity contribution is 5.70. The van der Waals surface area contributed by atoms with Crippen LogP contribution in [0.2, 0.25) is 0 Å². The van der Waals surface area contributed by atoms with Crippen LogP contribution >= 0.6 is 0 Å². The lowest BCUT2D eigenvalue weighted by molar-refractivity contribution is -0.873. The van der Waals surface area contributed by atoms with Crippen molar-refractivity contribution in [2.24, 2.45) is 0 Å². The van der Waals surface area contributed by atoms with Gasteiger partial charge in [0.2, 0.25) is 0 Å². The molecule has 0 aliphatic carbocycles. The van der Waals surface area contributed by atoms with Gasteiger partial charge in [0.05, 0.1) is 21.1 Å². The molecule has 0 N–H and O–H groups in total. The molecule has 0 aliphatic heterocycles. The van der Waals surface area contributed by atoms with E-state index in [-0.39, 0.29) is 12.4 Å². The number of ether oxygens (including phenoxy) is 1. The van der Waals surface area contributed by atoms with E-state index in [0.717, 1.165) is 38.5 Å². The Hall–Kier alpha value is -1.62. The van der Waals surface area contributed by atoms with E-state index in [4.69, 9.17) is 4.74 Å². The van der Waals surface area contributed by atoms with E-state index >= 15 is 0 Å². The Morgan fingerprint density at radius 3 is 2.14 bits per heavy atom. The molecule has 162 valence electrons. The van der Waals surface area contributed by atoms with Gasteiger partial charge in [-0.15, -0.1) is 0 Å². The predicted molar refractivity (Wildman–Crippen MR) is 113 cm³/mol. The van der Waals surface area contributed by atoms with Gasteiger partial charge in [-0.05, 0) is 32.1 Å². The Morgan fingerprint density at radius 1 is 0.929 bits per heavy atom. The van der Waals surface area contributed by atoms with Crippen molar-refractivity contribution < 1.29 is 23.9 Å². The Bertz CT molecular complexity index is 477. The molecule has 5 nitrogen and oxygen atoms in total. The summed E-state index contributed by atoms with van der Waals surface area (Å²) in [4.78, 5) is 22.8. The molecule has 0 heterocycles. The van der Waals surface area contributed by atoms with Crippen LogP contribution in [0.1, 0.15) is 77.6 Å². The van der Waals surface area contributed by atoms with Crippen molar-refractivity contribution >= 4 is 11.9 Å². The Morgan fingerprint density at radius 2 is 1.54 bits per heavy atom. The summed E-state index contributed by atoms with van der Waals surface area (Å²) in [7, 11) is 5.82. The van der Waals surface area contributed by atoms with Crippen LogP contribution in [-0.4, -0.2) is 50.2 Å². The predicted octanol–water partition coefficient (Wildman–Crippen LogP) is 3.78. The van der Waals surface area contributed by atoms with E-state index in [0.29, 0.717) is 17.4 Å². The summed E-state index contributed by atoms with van der Waals surface area (Å²) < 4.78 is 5.89. The Balaban J connectivity index is 3.77. The lowest BCUT2D eigenvalue weighted by Crippen LogP contribution is -2.45. The number of hydrogen-bond acceptors (Lipinski definition) is 4. The van der Waals surface area contributed by atoms with Crippen LogP contribution in [0.25, 0.3) is 0 Å². The Labute approximate surface area is 172 Å². The maximum atomic E-state index is 12.0. The molecule has 5 heteroatoms. The fraction of sp³-hybridized carbons (Fsp3) is 0.739. The molecular formula is C23H41NO4. The van der Waals surface area contributed by atoms with Crippen molar-refractivity contribution in [3.05, 3.63) is 24.3 Å². The number of esters is 1. The first-order valence-electron chi connectivity index (χ1n) is 10.7. The zero-order valence-electron chi connectivity index (χ0n) is 18.5. The third-order valence-electron chi connectivity index (χ3n) is 4.26. The Kier molecular flexibility index (Phi) is 15.4. The first kappa shape index (κ1) is 26.4. The maximum absolute atomic E-state index is 12.0. The molecule has 0 aromatic carbocycles. The number of allylic oxidation sites excluding steroid dienone is 4.